The van der Waals surface area contributed by atoms with Crippen LogP contribution in [0, 0.1) is 0 Å². The molecule has 0 aromatic rings. The van der Waals surface area contributed by atoms with Gasteiger partial charge in [0.2, 0.25) is 0 Å². The van der Waals surface area contributed by atoms with Gasteiger partial charge in [0.1, 0.15) is 14.0 Å². The van der Waals surface area contributed by atoms with Gasteiger partial charge in [0, 0.05) is 0 Å². The molecule has 0 nitrogen and oxygen atoms in total. The van der Waals surface area contributed by atoms with E-state index >= 15 is 0 Å². The summed E-state index contributed by atoms with van der Waals surface area (Å²) in [4.78, 5) is 0. The highest BCUT2D eigenvalue weighted by molar-refractivity contribution is 7.79. The second-order valence-electron chi connectivity index (χ2n) is 1.19. The van der Waals surface area contributed by atoms with Crippen LogP contribution in [0.5, 0.6) is 0 Å². The normalized spacial score (nSPS) is 9.11. The molecular weight excluding hydrogens is 144 g/mol. The van der Waals surface area contributed by atoms with Gasteiger partial charge >= 0.3 is 0 Å². The maximum absolute atomic E-state index is 2.35. The zero-order valence-corrected chi connectivity index (χ0v) is 6.86. The van der Waals surface area contributed by atoms with Crippen LogP contribution in [0.1, 0.15) is 14.9 Å². The summed E-state index contributed by atoms with van der Waals surface area (Å²) in [5.74, 6) is 0. The van der Waals surface area contributed by atoms with Crippen molar-refractivity contribution < 1.29 is 0 Å². The molecule has 0 aliphatic rings. The number of hydrogen-bond acceptors (Lipinski definition) is 0. The van der Waals surface area contributed by atoms with E-state index in [4.69, 9.17) is 0 Å². The quantitative estimate of drug-likeness (QED) is 0.338. The minimum absolute atomic E-state index is 0. The third-order valence-corrected chi connectivity index (χ3v) is 2.50. The Morgan fingerprint density at radius 2 is 1.89 bits per heavy atom. The van der Waals surface area contributed by atoms with E-state index in [2.05, 4.69) is 27.5 Å². The molecule has 0 bridgehead atoms. The molecule has 0 aliphatic heterocycles. The first kappa shape index (κ1) is 16.5. The molecule has 54 valence electrons. The molecule has 0 spiro atoms. The molecule has 0 N–H and O–H groups in total. The molecule has 0 amide bonds. The lowest BCUT2D eigenvalue weighted by molar-refractivity contribution is 2.20. The van der Waals surface area contributed by atoms with Crippen molar-refractivity contribution in [3.8, 4) is 0 Å². The van der Waals surface area contributed by atoms with Crippen molar-refractivity contribution in [3.05, 3.63) is 0 Å². The molecule has 9 heavy (non-hydrogen) atoms. The molecule has 2 atom stereocenters. The van der Waals surface area contributed by atoms with Crippen molar-refractivity contribution in [2.75, 3.05) is 12.7 Å². The zero-order chi connectivity index (χ0) is 5.54. The van der Waals surface area contributed by atoms with Crippen molar-refractivity contribution in [3.63, 3.8) is 0 Å². The van der Waals surface area contributed by atoms with E-state index in [0.29, 0.717) is 0 Å². The Bertz CT molecular complexity index is 32.1. The highest BCUT2D eigenvalue weighted by atomic mass is 31.1. The molecule has 0 saturated carbocycles. The average Bonchev–Trinajstić information content (AvgIpc) is 1.69. The third-order valence-electron chi connectivity index (χ3n) is 0.628. The summed E-state index contributed by atoms with van der Waals surface area (Å²) < 4.78 is 0. The molecule has 0 aliphatic carbocycles. The van der Waals surface area contributed by atoms with Crippen LogP contribution in [-0.2, 0) is 0 Å². The Morgan fingerprint density at radius 3 is 2.22 bits per heavy atom. The van der Waals surface area contributed by atoms with Crippen molar-refractivity contribution in [2.45, 2.75) is 21.7 Å². The first-order chi connectivity index (χ1) is 3.41. The Hall–Kier alpha value is 0.990. The van der Waals surface area contributed by atoms with E-state index < -0.39 is 0 Å². The third kappa shape index (κ3) is 17.6. The predicted molar refractivity (Wildman–Crippen MR) is 58.3 cm³/mol. The highest BCUT2D eigenvalue weighted by Crippen LogP contribution is 2.08. The van der Waals surface area contributed by atoms with Crippen LogP contribution >= 0.6 is 16.9 Å². The molecule has 0 rings (SSSR count). The van der Waals surface area contributed by atoms with Crippen LogP contribution in [0.4, 0.5) is 0 Å². The van der Waals surface area contributed by atoms with Crippen molar-refractivity contribution in [1.29, 1.82) is 0 Å². The van der Waals surface area contributed by atoms with E-state index in [1.807, 2.05) is 0 Å². The fourth-order valence-electron chi connectivity index (χ4n) is 0.279. The molecule has 0 aromatic heterocycles. The van der Waals surface area contributed by atoms with Crippen LogP contribution in [0.15, 0.2) is 0 Å². The van der Waals surface area contributed by atoms with Crippen LogP contribution < -0.4 is 0 Å². The second-order valence-corrected chi connectivity index (χ2v) is 3.57. The largest absolute Gasteiger partial charge is 0.171 e. The van der Waals surface area contributed by atoms with E-state index in [1.54, 1.807) is 0 Å². The van der Waals surface area contributed by atoms with Gasteiger partial charge in [-0.15, -0.1) is 0 Å². The summed E-state index contributed by atoms with van der Waals surface area (Å²) in [5, 5.41) is 0. The maximum atomic E-state index is 2.35. The SMILES string of the molecule is C.C.C[B]PC[B]PC. The Kier molecular flexibility index (Phi) is 29.4. The van der Waals surface area contributed by atoms with Gasteiger partial charge in [-0.1, -0.05) is 34.4 Å². The van der Waals surface area contributed by atoms with Gasteiger partial charge in [-0.25, -0.2) is 0 Å². The minimum Gasteiger partial charge on any atom is -0.171 e. The van der Waals surface area contributed by atoms with Gasteiger partial charge in [0.15, 0.2) is 0 Å². The Labute approximate surface area is 65.9 Å². The summed E-state index contributed by atoms with van der Waals surface area (Å²) in [6.07, 6.45) is 0. The second kappa shape index (κ2) is 16.0. The lowest BCUT2D eigenvalue weighted by Gasteiger charge is -1.88. The molecule has 0 heterocycles. The van der Waals surface area contributed by atoms with Gasteiger partial charge in [-0.3, -0.25) is 0 Å². The Morgan fingerprint density at radius 1 is 1.33 bits per heavy atom. The van der Waals surface area contributed by atoms with Crippen LogP contribution in [0.3, 0.4) is 0 Å². The molecular formula is C5H18B2P2. The molecule has 0 aromatic carbocycles. The van der Waals surface area contributed by atoms with E-state index in [1.165, 1.54) is 6.06 Å². The molecule has 4 heteroatoms. The molecule has 2 radical (unpaired) electrons. The molecule has 0 saturated heterocycles. The van der Waals surface area contributed by atoms with E-state index in [-0.39, 0.29) is 14.9 Å². The predicted octanol–water partition coefficient (Wildman–Crippen LogP) is 2.49. The number of hydrogen-bond donors (Lipinski definition) is 0. The van der Waals surface area contributed by atoms with Crippen LogP contribution in [-0.4, -0.2) is 26.7 Å². The fraction of sp³-hybridized carbons (Fsp3) is 1.00. The van der Waals surface area contributed by atoms with Crippen LogP contribution in [0.25, 0.3) is 0 Å². The summed E-state index contributed by atoms with van der Waals surface area (Å²) in [5.41, 5.74) is 0. The van der Waals surface area contributed by atoms with E-state index in [9.17, 15) is 0 Å². The van der Waals surface area contributed by atoms with Gasteiger partial charge in [0.25, 0.3) is 0 Å². The highest BCUT2D eigenvalue weighted by Gasteiger charge is 1.83. The molecule has 0 fully saturated rings. The zero-order valence-electron chi connectivity index (χ0n) is 4.86. The number of rotatable bonds is 4. The smallest absolute Gasteiger partial charge is 0.145 e. The topological polar surface area (TPSA) is 0 Å². The average molecular weight is 162 g/mol. The van der Waals surface area contributed by atoms with Crippen molar-refractivity contribution in [2.24, 2.45) is 0 Å². The van der Waals surface area contributed by atoms with Crippen LogP contribution in [0.2, 0.25) is 6.82 Å². The first-order valence-corrected chi connectivity index (χ1v) is 5.28. The lowest BCUT2D eigenvalue weighted by atomic mass is 10.2. The van der Waals surface area contributed by atoms with Gasteiger partial charge in [-0.2, -0.15) is 16.9 Å². The first-order valence-electron chi connectivity index (χ1n) is 2.42. The summed E-state index contributed by atoms with van der Waals surface area (Å²) >= 11 is 0. The standard InChI is InChI=1S/C3H10B2P2.2CH4/c1-4-7-3-5-6-2;;/h6-7H,3H2,1-2H3;2*1H4. The van der Waals surface area contributed by atoms with Crippen molar-refractivity contribution in [1.82, 2.24) is 0 Å². The molecule has 2 unspecified atom stereocenters. The Balaban J connectivity index is -0.000000180. The van der Waals surface area contributed by atoms with E-state index in [0.717, 1.165) is 16.9 Å². The fourth-order valence-corrected chi connectivity index (χ4v) is 1.80. The summed E-state index contributed by atoms with van der Waals surface area (Å²) in [6, 6.07) is 1.30. The van der Waals surface area contributed by atoms with Crippen molar-refractivity contribution >= 4 is 30.9 Å². The van der Waals surface area contributed by atoms with Gasteiger partial charge in [-0.05, 0) is 0 Å². The maximum Gasteiger partial charge on any atom is 0.145 e. The lowest BCUT2D eigenvalue weighted by Crippen LogP contribution is -1.83. The van der Waals surface area contributed by atoms with Gasteiger partial charge in [0.05, 0.1) is 0 Å². The summed E-state index contributed by atoms with van der Waals surface area (Å²) in [7, 11) is 2.08. The monoisotopic (exact) mass is 162 g/mol. The van der Waals surface area contributed by atoms with Gasteiger partial charge < -0.3 is 0 Å². The minimum atomic E-state index is 0. The summed E-state index contributed by atoms with van der Waals surface area (Å²) in [6.45, 7) is 8.90.